The fourth-order valence-corrected chi connectivity index (χ4v) is 0.385. The highest BCUT2D eigenvalue weighted by Gasteiger charge is 1.92. The smallest absolute Gasteiger partial charge is 0.256 e. The highest BCUT2D eigenvalue weighted by molar-refractivity contribution is 6.09. The Hall–Kier alpha value is -1.55. The molecule has 0 aliphatic rings. The monoisotopic (exact) mass is 151 g/mol. The first kappa shape index (κ1) is 9.45. The first-order valence-electron chi connectivity index (χ1n) is 3.35. The van der Waals surface area contributed by atoms with Gasteiger partial charge in [0.2, 0.25) is 0 Å². The van der Waals surface area contributed by atoms with E-state index in [0.717, 1.165) is 12.8 Å². The summed E-state index contributed by atoms with van der Waals surface area (Å²) in [6, 6.07) is 3.19. The van der Waals surface area contributed by atoms with Gasteiger partial charge in [-0.1, -0.05) is 18.5 Å². The zero-order valence-electron chi connectivity index (χ0n) is 6.37. The van der Waals surface area contributed by atoms with Crippen LogP contribution in [0.15, 0.2) is 5.16 Å². The van der Waals surface area contributed by atoms with Crippen LogP contribution in [0.2, 0.25) is 0 Å². The van der Waals surface area contributed by atoms with Crippen LogP contribution < -0.4 is 0 Å². The standard InChI is InChI=1S/C7H9N3O/c1-2-3-4-11-10-7(5-8)6-9/h2-4H2,1H3. The van der Waals surface area contributed by atoms with Gasteiger partial charge in [0.05, 0.1) is 0 Å². The predicted molar refractivity (Wildman–Crippen MR) is 39.5 cm³/mol. The van der Waals surface area contributed by atoms with Crippen molar-refractivity contribution >= 4 is 5.71 Å². The maximum Gasteiger partial charge on any atom is 0.256 e. The summed E-state index contributed by atoms with van der Waals surface area (Å²) in [6.07, 6.45) is 1.89. The van der Waals surface area contributed by atoms with E-state index in [2.05, 4.69) is 9.99 Å². The molecule has 0 aliphatic heterocycles. The third-order valence-electron chi connectivity index (χ3n) is 0.957. The molecule has 0 fully saturated rings. The molecule has 0 spiro atoms. The number of hydrogen-bond acceptors (Lipinski definition) is 4. The Kier molecular flexibility index (Phi) is 5.64. The van der Waals surface area contributed by atoms with Crippen LogP contribution in [0.1, 0.15) is 19.8 Å². The lowest BCUT2D eigenvalue weighted by atomic mass is 10.4. The molecule has 0 aromatic carbocycles. The fourth-order valence-electron chi connectivity index (χ4n) is 0.385. The maximum absolute atomic E-state index is 8.20. The van der Waals surface area contributed by atoms with Gasteiger partial charge in [0.25, 0.3) is 5.71 Å². The first-order chi connectivity index (χ1) is 5.35. The molecule has 0 radical (unpaired) electrons. The minimum absolute atomic E-state index is 0.235. The zero-order valence-corrected chi connectivity index (χ0v) is 6.37. The van der Waals surface area contributed by atoms with E-state index in [-0.39, 0.29) is 5.71 Å². The van der Waals surface area contributed by atoms with Crippen molar-refractivity contribution < 1.29 is 4.84 Å². The van der Waals surface area contributed by atoms with Gasteiger partial charge in [-0.3, -0.25) is 0 Å². The molecule has 0 saturated heterocycles. The largest absolute Gasteiger partial charge is 0.394 e. The molecule has 0 bridgehead atoms. The second-order valence-corrected chi connectivity index (χ2v) is 1.85. The van der Waals surface area contributed by atoms with E-state index >= 15 is 0 Å². The normalized spacial score (nSPS) is 7.55. The van der Waals surface area contributed by atoms with E-state index in [1.165, 1.54) is 0 Å². The summed E-state index contributed by atoms with van der Waals surface area (Å²) in [5.41, 5.74) is -0.235. The summed E-state index contributed by atoms with van der Waals surface area (Å²) in [5.74, 6) is 0. The van der Waals surface area contributed by atoms with Crippen LogP contribution in [-0.2, 0) is 4.84 Å². The van der Waals surface area contributed by atoms with Crippen molar-refractivity contribution in [3.05, 3.63) is 0 Å². The van der Waals surface area contributed by atoms with Crippen LogP contribution in [0.5, 0.6) is 0 Å². The topological polar surface area (TPSA) is 69.2 Å². The van der Waals surface area contributed by atoms with Crippen molar-refractivity contribution in [3.63, 3.8) is 0 Å². The molecular formula is C7H9N3O. The molecule has 0 rings (SSSR count). The molecule has 0 heterocycles. The maximum atomic E-state index is 8.20. The van der Waals surface area contributed by atoms with Crippen LogP contribution >= 0.6 is 0 Å². The number of unbranched alkanes of at least 4 members (excludes halogenated alkanes) is 1. The van der Waals surface area contributed by atoms with Gasteiger partial charge in [-0.15, -0.1) is 0 Å². The first-order valence-corrected chi connectivity index (χ1v) is 3.35. The Labute approximate surface area is 65.7 Å². The molecular weight excluding hydrogens is 142 g/mol. The van der Waals surface area contributed by atoms with Crippen molar-refractivity contribution in [2.75, 3.05) is 6.61 Å². The number of rotatable bonds is 4. The number of nitrogens with zero attached hydrogens (tertiary/aromatic N) is 3. The quantitative estimate of drug-likeness (QED) is 0.344. The molecule has 4 heteroatoms. The third-order valence-corrected chi connectivity index (χ3v) is 0.957. The van der Waals surface area contributed by atoms with E-state index in [1.807, 2.05) is 6.92 Å². The van der Waals surface area contributed by atoms with Gasteiger partial charge in [-0.2, -0.15) is 10.5 Å². The van der Waals surface area contributed by atoms with E-state index in [4.69, 9.17) is 10.5 Å². The highest BCUT2D eigenvalue weighted by atomic mass is 16.6. The lowest BCUT2D eigenvalue weighted by Gasteiger charge is -1.93. The summed E-state index contributed by atoms with van der Waals surface area (Å²) in [5, 5.41) is 19.7. The molecule has 0 saturated carbocycles. The Morgan fingerprint density at radius 3 is 2.55 bits per heavy atom. The summed E-state index contributed by atoms with van der Waals surface area (Å²) in [4.78, 5) is 4.66. The molecule has 11 heavy (non-hydrogen) atoms. The Bertz CT molecular complexity index is 193. The Morgan fingerprint density at radius 2 is 2.09 bits per heavy atom. The van der Waals surface area contributed by atoms with Gasteiger partial charge < -0.3 is 4.84 Å². The molecule has 0 atom stereocenters. The second kappa shape index (κ2) is 6.57. The Balaban J connectivity index is 3.58. The summed E-state index contributed by atoms with van der Waals surface area (Å²) < 4.78 is 0. The molecule has 0 aliphatic carbocycles. The fraction of sp³-hybridized carbons (Fsp3) is 0.571. The number of hydrogen-bond donors (Lipinski definition) is 0. The van der Waals surface area contributed by atoms with Crippen molar-refractivity contribution in [2.45, 2.75) is 19.8 Å². The summed E-state index contributed by atoms with van der Waals surface area (Å²) >= 11 is 0. The van der Waals surface area contributed by atoms with E-state index in [9.17, 15) is 0 Å². The van der Waals surface area contributed by atoms with Crippen LogP contribution in [0.25, 0.3) is 0 Å². The van der Waals surface area contributed by atoms with Gasteiger partial charge in [-0.05, 0) is 6.42 Å². The van der Waals surface area contributed by atoms with Crippen molar-refractivity contribution in [1.29, 1.82) is 10.5 Å². The van der Waals surface area contributed by atoms with Gasteiger partial charge in [0, 0.05) is 0 Å². The summed E-state index contributed by atoms with van der Waals surface area (Å²) in [6.45, 7) is 2.48. The SMILES string of the molecule is CCCCON=C(C#N)C#N. The minimum atomic E-state index is -0.235. The zero-order chi connectivity index (χ0) is 8.53. The van der Waals surface area contributed by atoms with Crippen LogP contribution in [0, 0.1) is 22.7 Å². The van der Waals surface area contributed by atoms with Gasteiger partial charge in [0.15, 0.2) is 0 Å². The average molecular weight is 151 g/mol. The van der Waals surface area contributed by atoms with E-state index < -0.39 is 0 Å². The van der Waals surface area contributed by atoms with Crippen molar-refractivity contribution in [3.8, 4) is 12.1 Å². The van der Waals surface area contributed by atoms with E-state index in [0.29, 0.717) is 6.61 Å². The third kappa shape index (κ3) is 4.92. The molecule has 0 amide bonds. The average Bonchev–Trinajstić information content (AvgIpc) is 2.05. The lowest BCUT2D eigenvalue weighted by molar-refractivity contribution is 0.142. The molecule has 0 aromatic rings. The van der Waals surface area contributed by atoms with Crippen molar-refractivity contribution in [2.24, 2.45) is 5.16 Å². The molecule has 4 nitrogen and oxygen atoms in total. The van der Waals surface area contributed by atoms with Gasteiger partial charge >= 0.3 is 0 Å². The predicted octanol–water partition coefficient (Wildman–Crippen LogP) is 1.21. The summed E-state index contributed by atoms with van der Waals surface area (Å²) in [7, 11) is 0. The molecule has 0 N–H and O–H groups in total. The number of nitriles is 2. The van der Waals surface area contributed by atoms with E-state index in [1.54, 1.807) is 12.1 Å². The highest BCUT2D eigenvalue weighted by Crippen LogP contribution is 1.88. The van der Waals surface area contributed by atoms with Crippen LogP contribution in [0.3, 0.4) is 0 Å². The molecule has 58 valence electrons. The second-order valence-electron chi connectivity index (χ2n) is 1.85. The van der Waals surface area contributed by atoms with Crippen molar-refractivity contribution in [1.82, 2.24) is 0 Å². The van der Waals surface area contributed by atoms with Crippen LogP contribution in [0.4, 0.5) is 0 Å². The van der Waals surface area contributed by atoms with Crippen LogP contribution in [-0.4, -0.2) is 12.3 Å². The molecule has 0 unspecified atom stereocenters. The minimum Gasteiger partial charge on any atom is -0.394 e. The lowest BCUT2D eigenvalue weighted by Crippen LogP contribution is -1.93. The van der Waals surface area contributed by atoms with Gasteiger partial charge in [-0.25, -0.2) is 0 Å². The molecule has 0 aromatic heterocycles. The van der Waals surface area contributed by atoms with Gasteiger partial charge in [0.1, 0.15) is 18.7 Å². The number of oxime groups is 1. The Morgan fingerprint density at radius 1 is 1.45 bits per heavy atom.